The number of aromatic nitrogens is 2. The van der Waals surface area contributed by atoms with Crippen molar-refractivity contribution in [3.63, 3.8) is 0 Å². The molecule has 3 rings (SSSR count). The fourth-order valence-electron chi connectivity index (χ4n) is 2.42. The van der Waals surface area contributed by atoms with E-state index in [0.717, 1.165) is 16.3 Å². The van der Waals surface area contributed by atoms with Crippen LogP contribution in [0.4, 0.5) is 20.2 Å². The Morgan fingerprint density at radius 2 is 1.89 bits per heavy atom. The van der Waals surface area contributed by atoms with Gasteiger partial charge in [0.25, 0.3) is 5.69 Å². The topological polar surface area (TPSA) is 90.1 Å². The number of halogens is 2. The van der Waals surface area contributed by atoms with E-state index < -0.39 is 22.6 Å². The lowest BCUT2D eigenvalue weighted by atomic mass is 10.3. The van der Waals surface area contributed by atoms with E-state index in [1.54, 1.807) is 31.2 Å². The Hall–Kier alpha value is -3.01. The monoisotopic (exact) mass is 392 g/mol. The molecule has 1 unspecified atom stereocenters. The van der Waals surface area contributed by atoms with Gasteiger partial charge < -0.3 is 5.32 Å². The van der Waals surface area contributed by atoms with Gasteiger partial charge in [-0.2, -0.15) is 8.78 Å². The molecule has 10 heteroatoms. The second kappa shape index (κ2) is 7.70. The molecule has 0 fully saturated rings. The predicted molar refractivity (Wildman–Crippen MR) is 98.0 cm³/mol. The van der Waals surface area contributed by atoms with Gasteiger partial charge in [-0.15, -0.1) is 0 Å². The Bertz CT molecular complexity index is 992. The van der Waals surface area contributed by atoms with Crippen LogP contribution in [0.5, 0.6) is 0 Å². The standard InChI is InChI=1S/C17H14F2N4O3S/c1-10(15(24)20-11-6-8-12(9-7-11)23(25)26)27-17-21-13-4-2-3-5-14(13)22(17)16(18)19/h2-10,16H,1H3,(H,20,24). The number of nitrogens with zero attached hydrogens (tertiary/aromatic N) is 3. The molecule has 0 aliphatic rings. The van der Waals surface area contributed by atoms with Crippen molar-refractivity contribution >= 4 is 40.1 Å². The zero-order valence-electron chi connectivity index (χ0n) is 14.0. The van der Waals surface area contributed by atoms with Crippen molar-refractivity contribution < 1.29 is 18.5 Å². The fraction of sp³-hybridized carbons (Fsp3) is 0.176. The summed E-state index contributed by atoms with van der Waals surface area (Å²) >= 11 is 0.911. The van der Waals surface area contributed by atoms with Gasteiger partial charge in [0, 0.05) is 17.8 Å². The van der Waals surface area contributed by atoms with E-state index in [1.165, 1.54) is 24.3 Å². The summed E-state index contributed by atoms with van der Waals surface area (Å²) in [5.74, 6) is -0.429. The van der Waals surface area contributed by atoms with Gasteiger partial charge in [-0.3, -0.25) is 19.5 Å². The number of hydrogen-bond acceptors (Lipinski definition) is 5. The van der Waals surface area contributed by atoms with Gasteiger partial charge in [-0.1, -0.05) is 23.9 Å². The number of hydrogen-bond donors (Lipinski definition) is 1. The smallest absolute Gasteiger partial charge is 0.321 e. The van der Waals surface area contributed by atoms with E-state index in [4.69, 9.17) is 0 Å². The zero-order valence-corrected chi connectivity index (χ0v) is 14.8. The highest BCUT2D eigenvalue weighted by Gasteiger charge is 2.23. The number of carbonyl (C=O) groups is 1. The lowest BCUT2D eigenvalue weighted by Gasteiger charge is -2.13. The number of para-hydroxylation sites is 2. The van der Waals surface area contributed by atoms with Crippen LogP contribution < -0.4 is 5.32 Å². The van der Waals surface area contributed by atoms with Gasteiger partial charge in [-0.05, 0) is 31.2 Å². The minimum absolute atomic E-state index is 0.0394. The van der Waals surface area contributed by atoms with Crippen molar-refractivity contribution in [1.29, 1.82) is 0 Å². The number of thioether (sulfide) groups is 1. The summed E-state index contributed by atoms with van der Waals surface area (Å²) < 4.78 is 27.7. The van der Waals surface area contributed by atoms with E-state index in [9.17, 15) is 23.7 Å². The maximum atomic E-state index is 13.4. The van der Waals surface area contributed by atoms with Gasteiger partial charge in [-0.25, -0.2) is 4.98 Å². The first kappa shape index (κ1) is 18.8. The van der Waals surface area contributed by atoms with E-state index in [-0.39, 0.29) is 16.4 Å². The average Bonchev–Trinajstić information content (AvgIpc) is 3.00. The number of non-ortho nitro benzene ring substituents is 1. The molecule has 0 saturated carbocycles. The van der Waals surface area contributed by atoms with Gasteiger partial charge in [0.05, 0.1) is 21.2 Å². The van der Waals surface area contributed by atoms with Crippen LogP contribution in [0, 0.1) is 10.1 Å². The van der Waals surface area contributed by atoms with Crippen LogP contribution in [-0.4, -0.2) is 25.6 Å². The zero-order chi connectivity index (χ0) is 19.6. The molecule has 1 heterocycles. The maximum Gasteiger partial charge on any atom is 0.321 e. The van der Waals surface area contributed by atoms with E-state index >= 15 is 0 Å². The number of fused-ring (bicyclic) bond motifs is 1. The summed E-state index contributed by atoms with van der Waals surface area (Å²) in [5, 5.41) is 12.6. The molecule has 0 aliphatic heterocycles. The molecule has 0 spiro atoms. The molecule has 0 radical (unpaired) electrons. The van der Waals surface area contributed by atoms with Crippen molar-refractivity contribution in [2.45, 2.75) is 23.9 Å². The lowest BCUT2D eigenvalue weighted by molar-refractivity contribution is -0.384. The molecule has 27 heavy (non-hydrogen) atoms. The molecule has 1 atom stereocenters. The van der Waals surface area contributed by atoms with E-state index in [1.807, 2.05) is 0 Å². The highest BCUT2D eigenvalue weighted by atomic mass is 32.2. The largest absolute Gasteiger partial charge is 0.325 e. The molecule has 1 amide bonds. The Morgan fingerprint density at radius 1 is 1.22 bits per heavy atom. The number of nitrogens with one attached hydrogen (secondary N) is 1. The van der Waals surface area contributed by atoms with Crippen LogP contribution in [-0.2, 0) is 4.79 Å². The molecule has 1 aromatic heterocycles. The molecule has 0 saturated heterocycles. The highest BCUT2D eigenvalue weighted by molar-refractivity contribution is 8.00. The maximum absolute atomic E-state index is 13.4. The number of benzene rings is 2. The Morgan fingerprint density at radius 3 is 2.52 bits per heavy atom. The molecule has 2 aromatic carbocycles. The SMILES string of the molecule is CC(Sc1nc2ccccc2n1C(F)F)C(=O)Nc1ccc([N+](=O)[O-])cc1. The van der Waals surface area contributed by atoms with E-state index in [0.29, 0.717) is 11.2 Å². The number of nitro benzene ring substituents is 1. The summed E-state index contributed by atoms with van der Waals surface area (Å²) in [5.41, 5.74) is 0.989. The number of amides is 1. The van der Waals surface area contributed by atoms with Crippen molar-refractivity contribution in [2.24, 2.45) is 0 Å². The second-order valence-corrected chi connectivity index (χ2v) is 6.89. The quantitative estimate of drug-likeness (QED) is 0.380. The summed E-state index contributed by atoms with van der Waals surface area (Å²) in [6.07, 6.45) is 0. The molecule has 0 bridgehead atoms. The number of anilines is 1. The van der Waals surface area contributed by atoms with Crippen LogP contribution in [0.2, 0.25) is 0 Å². The Labute approximate surface area is 156 Å². The first-order valence-corrected chi connectivity index (χ1v) is 8.72. The number of nitro groups is 1. The molecule has 1 N–H and O–H groups in total. The van der Waals surface area contributed by atoms with Gasteiger partial charge in [0.15, 0.2) is 5.16 Å². The highest BCUT2D eigenvalue weighted by Crippen LogP contribution is 2.31. The molecule has 7 nitrogen and oxygen atoms in total. The van der Waals surface area contributed by atoms with Crippen molar-refractivity contribution in [2.75, 3.05) is 5.32 Å². The molecule has 0 aliphatic carbocycles. The second-order valence-electron chi connectivity index (χ2n) is 5.58. The van der Waals surface area contributed by atoms with Crippen LogP contribution in [0.3, 0.4) is 0 Å². The first-order valence-electron chi connectivity index (χ1n) is 7.84. The van der Waals surface area contributed by atoms with Crippen molar-refractivity contribution in [3.05, 3.63) is 58.6 Å². The third-order valence-corrected chi connectivity index (χ3v) is 4.82. The van der Waals surface area contributed by atoms with Crippen LogP contribution in [0.1, 0.15) is 13.5 Å². The fourth-order valence-corrected chi connectivity index (χ4v) is 3.34. The average molecular weight is 392 g/mol. The Kier molecular flexibility index (Phi) is 5.36. The molecule has 3 aromatic rings. The predicted octanol–water partition coefficient (Wildman–Crippen LogP) is 4.46. The minimum atomic E-state index is -2.79. The van der Waals surface area contributed by atoms with Gasteiger partial charge in [0.1, 0.15) is 0 Å². The van der Waals surface area contributed by atoms with E-state index in [2.05, 4.69) is 10.3 Å². The minimum Gasteiger partial charge on any atom is -0.325 e. The Balaban J connectivity index is 1.75. The summed E-state index contributed by atoms with van der Waals surface area (Å²) in [7, 11) is 0. The first-order chi connectivity index (χ1) is 12.9. The third kappa shape index (κ3) is 4.05. The molecular weight excluding hydrogens is 378 g/mol. The third-order valence-electron chi connectivity index (χ3n) is 3.76. The van der Waals surface area contributed by atoms with Crippen LogP contribution in [0.25, 0.3) is 11.0 Å². The number of carbonyl (C=O) groups excluding carboxylic acids is 1. The van der Waals surface area contributed by atoms with Crippen LogP contribution >= 0.6 is 11.8 Å². The van der Waals surface area contributed by atoms with Crippen molar-refractivity contribution in [1.82, 2.24) is 9.55 Å². The number of imidazole rings is 1. The molecular formula is C17H14F2N4O3S. The summed E-state index contributed by atoms with van der Waals surface area (Å²) in [4.78, 5) is 26.6. The number of rotatable bonds is 6. The van der Waals surface area contributed by atoms with Crippen molar-refractivity contribution in [3.8, 4) is 0 Å². The molecule has 140 valence electrons. The van der Waals surface area contributed by atoms with Crippen LogP contribution in [0.15, 0.2) is 53.7 Å². The van der Waals surface area contributed by atoms with Gasteiger partial charge >= 0.3 is 6.55 Å². The summed E-state index contributed by atoms with van der Waals surface area (Å²) in [6.45, 7) is -1.22. The normalized spacial score (nSPS) is 12.3. The lowest BCUT2D eigenvalue weighted by Crippen LogP contribution is -2.23. The summed E-state index contributed by atoms with van der Waals surface area (Å²) in [6, 6.07) is 11.9. The number of alkyl halides is 2. The van der Waals surface area contributed by atoms with Gasteiger partial charge in [0.2, 0.25) is 5.91 Å².